The van der Waals surface area contributed by atoms with Gasteiger partial charge in [-0.3, -0.25) is 14.7 Å². The first-order chi connectivity index (χ1) is 12.4. The number of likely N-dealkylation sites (tertiary alicyclic amines) is 2. The van der Waals surface area contributed by atoms with Gasteiger partial charge in [0.25, 0.3) is 5.91 Å². The Bertz CT molecular complexity index is 840. The van der Waals surface area contributed by atoms with Crippen molar-refractivity contribution in [1.29, 1.82) is 0 Å². The third-order valence-corrected chi connectivity index (χ3v) is 5.49. The van der Waals surface area contributed by atoms with Crippen LogP contribution in [0.3, 0.4) is 0 Å². The van der Waals surface area contributed by atoms with E-state index in [1.807, 2.05) is 29.8 Å². The standard InChI is InChI=1S/C18H24N6O2/c1-11-4-14(21-20-11)6-17(25)23-7-13-5-12(2)24(16(13)9-23)18(26)15-8-22(3)10-19-15/h4,8,10,12-13,16H,5-7,9H2,1-3H3,(H,20,21)/t12-,13+,16-/m1/s1. The molecule has 2 aliphatic heterocycles. The molecule has 0 bridgehead atoms. The molecule has 2 fully saturated rings. The predicted molar refractivity (Wildman–Crippen MR) is 94.3 cm³/mol. The Morgan fingerprint density at radius 3 is 2.81 bits per heavy atom. The van der Waals surface area contributed by atoms with E-state index in [0.717, 1.165) is 17.8 Å². The Labute approximate surface area is 152 Å². The molecule has 0 saturated carbocycles. The largest absolute Gasteiger partial charge is 0.340 e. The van der Waals surface area contributed by atoms with Crippen LogP contribution in [-0.2, 0) is 18.3 Å². The van der Waals surface area contributed by atoms with Gasteiger partial charge in [-0.15, -0.1) is 0 Å². The molecule has 3 atom stereocenters. The van der Waals surface area contributed by atoms with E-state index in [1.165, 1.54) is 0 Å². The van der Waals surface area contributed by atoms with Gasteiger partial charge in [-0.05, 0) is 26.3 Å². The van der Waals surface area contributed by atoms with Gasteiger partial charge in [0.2, 0.25) is 5.91 Å². The van der Waals surface area contributed by atoms with Crippen molar-refractivity contribution in [3.05, 3.63) is 35.7 Å². The zero-order chi connectivity index (χ0) is 18.4. The lowest BCUT2D eigenvalue weighted by Crippen LogP contribution is -2.44. The van der Waals surface area contributed by atoms with Gasteiger partial charge in [0.05, 0.1) is 24.5 Å². The minimum Gasteiger partial charge on any atom is -0.340 e. The molecule has 1 N–H and O–H groups in total. The van der Waals surface area contributed by atoms with E-state index in [4.69, 9.17) is 0 Å². The Balaban J connectivity index is 1.46. The number of hydrogen-bond acceptors (Lipinski definition) is 4. The van der Waals surface area contributed by atoms with Gasteiger partial charge in [0.1, 0.15) is 5.69 Å². The highest BCUT2D eigenvalue weighted by Gasteiger charge is 2.48. The van der Waals surface area contributed by atoms with Crippen LogP contribution in [0.5, 0.6) is 0 Å². The topological polar surface area (TPSA) is 87.1 Å². The number of rotatable bonds is 3. The second-order valence-corrected chi connectivity index (χ2v) is 7.57. The first kappa shape index (κ1) is 16.8. The van der Waals surface area contributed by atoms with Crippen LogP contribution in [0.25, 0.3) is 0 Å². The van der Waals surface area contributed by atoms with Crippen LogP contribution in [0, 0.1) is 12.8 Å². The van der Waals surface area contributed by atoms with E-state index in [-0.39, 0.29) is 23.9 Å². The third kappa shape index (κ3) is 2.89. The number of aryl methyl sites for hydroxylation is 2. The van der Waals surface area contributed by atoms with Gasteiger partial charge >= 0.3 is 0 Å². The summed E-state index contributed by atoms with van der Waals surface area (Å²) in [6.45, 7) is 5.31. The van der Waals surface area contributed by atoms with Crippen molar-refractivity contribution in [2.24, 2.45) is 13.0 Å². The Morgan fingerprint density at radius 1 is 1.35 bits per heavy atom. The van der Waals surface area contributed by atoms with Crippen molar-refractivity contribution in [2.45, 2.75) is 38.8 Å². The summed E-state index contributed by atoms with van der Waals surface area (Å²) >= 11 is 0. The molecule has 2 aromatic heterocycles. The van der Waals surface area contributed by atoms with E-state index in [9.17, 15) is 9.59 Å². The van der Waals surface area contributed by atoms with Gasteiger partial charge in [0, 0.05) is 44.0 Å². The molecule has 2 saturated heterocycles. The molecule has 8 nitrogen and oxygen atoms in total. The molecular weight excluding hydrogens is 332 g/mol. The maximum Gasteiger partial charge on any atom is 0.274 e. The molecule has 26 heavy (non-hydrogen) atoms. The summed E-state index contributed by atoms with van der Waals surface area (Å²) in [5.41, 5.74) is 2.18. The maximum atomic E-state index is 12.9. The summed E-state index contributed by atoms with van der Waals surface area (Å²) in [5.74, 6) is 0.370. The minimum absolute atomic E-state index is 0.0391. The molecule has 0 aromatic carbocycles. The summed E-state index contributed by atoms with van der Waals surface area (Å²) in [4.78, 5) is 33.6. The van der Waals surface area contributed by atoms with Crippen molar-refractivity contribution in [2.75, 3.05) is 13.1 Å². The van der Waals surface area contributed by atoms with Gasteiger partial charge < -0.3 is 14.4 Å². The second kappa shape index (κ2) is 6.26. The van der Waals surface area contributed by atoms with Crippen LogP contribution in [0.2, 0.25) is 0 Å². The van der Waals surface area contributed by atoms with E-state index < -0.39 is 0 Å². The number of carbonyl (C=O) groups is 2. The highest BCUT2D eigenvalue weighted by molar-refractivity contribution is 5.93. The van der Waals surface area contributed by atoms with Crippen LogP contribution >= 0.6 is 0 Å². The number of amides is 2. The fourth-order valence-corrected chi connectivity index (χ4v) is 4.32. The molecule has 0 unspecified atom stereocenters. The number of aromatic amines is 1. The molecule has 4 heterocycles. The van der Waals surface area contributed by atoms with E-state index in [0.29, 0.717) is 31.1 Å². The molecule has 2 aliphatic rings. The van der Waals surface area contributed by atoms with Crippen molar-refractivity contribution in [3.63, 3.8) is 0 Å². The number of nitrogens with zero attached hydrogens (tertiary/aromatic N) is 5. The lowest BCUT2D eigenvalue weighted by atomic mass is 10.0. The Kier molecular flexibility index (Phi) is 4.05. The number of carbonyl (C=O) groups excluding carboxylic acids is 2. The highest BCUT2D eigenvalue weighted by atomic mass is 16.2. The Hall–Kier alpha value is -2.64. The lowest BCUT2D eigenvalue weighted by molar-refractivity contribution is -0.129. The minimum atomic E-state index is -0.0391. The fourth-order valence-electron chi connectivity index (χ4n) is 4.32. The van der Waals surface area contributed by atoms with Crippen molar-refractivity contribution in [1.82, 2.24) is 29.5 Å². The number of fused-ring (bicyclic) bond motifs is 1. The zero-order valence-electron chi connectivity index (χ0n) is 15.3. The highest BCUT2D eigenvalue weighted by Crippen LogP contribution is 2.36. The molecule has 0 radical (unpaired) electrons. The van der Waals surface area contributed by atoms with Crippen LogP contribution < -0.4 is 0 Å². The summed E-state index contributed by atoms with van der Waals surface area (Å²) in [5, 5.41) is 7.02. The first-order valence-electron chi connectivity index (χ1n) is 9.01. The van der Waals surface area contributed by atoms with E-state index in [2.05, 4.69) is 22.1 Å². The maximum absolute atomic E-state index is 12.9. The second-order valence-electron chi connectivity index (χ2n) is 7.57. The predicted octanol–water partition coefficient (Wildman–Crippen LogP) is 0.756. The van der Waals surface area contributed by atoms with Gasteiger partial charge in [0.15, 0.2) is 0 Å². The van der Waals surface area contributed by atoms with Crippen molar-refractivity contribution >= 4 is 11.8 Å². The van der Waals surface area contributed by atoms with Crippen molar-refractivity contribution < 1.29 is 9.59 Å². The lowest BCUT2D eigenvalue weighted by Gasteiger charge is -2.28. The number of aromatic nitrogens is 4. The van der Waals surface area contributed by atoms with E-state index in [1.54, 1.807) is 17.1 Å². The van der Waals surface area contributed by atoms with Gasteiger partial charge in [-0.25, -0.2) is 4.98 Å². The molecule has 8 heteroatoms. The van der Waals surface area contributed by atoms with Crippen LogP contribution in [0.1, 0.15) is 35.2 Å². The summed E-state index contributed by atoms with van der Waals surface area (Å²) in [6, 6.07) is 2.14. The SMILES string of the molecule is Cc1cc(CC(=O)N2C[C@@H]3C[C@@H](C)N(C(=O)c4cn(C)cn4)[C@@H]3C2)n[nH]1. The number of H-pyrrole nitrogens is 1. The molecule has 2 amide bonds. The molecule has 2 aromatic rings. The van der Waals surface area contributed by atoms with E-state index >= 15 is 0 Å². The molecular formula is C18H24N6O2. The molecule has 4 rings (SSSR count). The Morgan fingerprint density at radius 2 is 2.15 bits per heavy atom. The molecule has 138 valence electrons. The number of hydrogen-bond donors (Lipinski definition) is 1. The van der Waals surface area contributed by atoms with Crippen LogP contribution in [0.15, 0.2) is 18.6 Å². The first-order valence-corrected chi connectivity index (χ1v) is 9.01. The monoisotopic (exact) mass is 356 g/mol. The molecule has 0 aliphatic carbocycles. The smallest absolute Gasteiger partial charge is 0.274 e. The number of nitrogens with one attached hydrogen (secondary N) is 1. The normalized spacial score (nSPS) is 25.0. The number of imidazole rings is 1. The van der Waals surface area contributed by atoms with Gasteiger partial charge in [-0.2, -0.15) is 5.10 Å². The summed E-state index contributed by atoms with van der Waals surface area (Å²) in [7, 11) is 1.85. The molecule has 0 spiro atoms. The zero-order valence-corrected chi connectivity index (χ0v) is 15.3. The summed E-state index contributed by atoms with van der Waals surface area (Å²) in [6.07, 6.45) is 4.62. The van der Waals surface area contributed by atoms with Crippen LogP contribution in [0.4, 0.5) is 0 Å². The van der Waals surface area contributed by atoms with Gasteiger partial charge in [-0.1, -0.05) is 0 Å². The van der Waals surface area contributed by atoms with Crippen LogP contribution in [-0.4, -0.2) is 66.5 Å². The average molecular weight is 356 g/mol. The summed E-state index contributed by atoms with van der Waals surface area (Å²) < 4.78 is 1.78. The average Bonchev–Trinajstić information content (AvgIpc) is 3.32. The third-order valence-electron chi connectivity index (χ3n) is 5.49. The van der Waals surface area contributed by atoms with Crippen molar-refractivity contribution in [3.8, 4) is 0 Å². The quantitative estimate of drug-likeness (QED) is 0.879. The fraction of sp³-hybridized carbons (Fsp3) is 0.556.